The topological polar surface area (TPSA) is 70.1 Å². The minimum atomic E-state index is 0.199. The molecule has 2 saturated heterocycles. The lowest BCUT2D eigenvalue weighted by molar-refractivity contribution is 0.321. The third-order valence-electron chi connectivity index (χ3n) is 6.80. The molecule has 7 nitrogen and oxygen atoms in total. The Morgan fingerprint density at radius 1 is 1.11 bits per heavy atom. The molecule has 5 rings (SSSR count). The molecule has 1 spiro atoms. The van der Waals surface area contributed by atoms with E-state index in [0.29, 0.717) is 6.04 Å². The zero-order chi connectivity index (χ0) is 19.1. The number of hydrogen-bond donors (Lipinski definition) is 1. The fourth-order valence-corrected chi connectivity index (χ4v) is 5.22. The SMILES string of the molecule is Cc1nc(NC2CCN(C)C2)c2c(n1)C1(CC2)CCN(c2cnccn2)CC1. The van der Waals surface area contributed by atoms with Crippen LogP contribution in [-0.4, -0.2) is 64.1 Å². The van der Waals surface area contributed by atoms with Gasteiger partial charge in [0.15, 0.2) is 0 Å². The molecular weight excluding hydrogens is 350 g/mol. The molecular formula is C21H29N7. The zero-order valence-corrected chi connectivity index (χ0v) is 16.9. The maximum absolute atomic E-state index is 4.97. The van der Waals surface area contributed by atoms with Gasteiger partial charge >= 0.3 is 0 Å². The molecule has 0 bridgehead atoms. The minimum Gasteiger partial charge on any atom is -0.366 e. The van der Waals surface area contributed by atoms with Crippen molar-refractivity contribution >= 4 is 11.6 Å². The van der Waals surface area contributed by atoms with Crippen LogP contribution in [0, 0.1) is 6.92 Å². The van der Waals surface area contributed by atoms with E-state index >= 15 is 0 Å². The van der Waals surface area contributed by atoms with E-state index in [1.807, 2.05) is 13.1 Å². The highest BCUT2D eigenvalue weighted by Gasteiger charge is 2.44. The molecule has 1 N–H and O–H groups in total. The highest BCUT2D eigenvalue weighted by atomic mass is 15.2. The van der Waals surface area contributed by atoms with Gasteiger partial charge in [0.2, 0.25) is 0 Å². The average Bonchev–Trinajstić information content (AvgIpc) is 3.27. The summed E-state index contributed by atoms with van der Waals surface area (Å²) >= 11 is 0. The smallest absolute Gasteiger partial charge is 0.147 e. The monoisotopic (exact) mass is 379 g/mol. The Morgan fingerprint density at radius 2 is 1.96 bits per heavy atom. The number of likely N-dealkylation sites (N-methyl/N-ethyl adjacent to an activating group) is 1. The number of anilines is 2. The number of likely N-dealkylation sites (tertiary alicyclic amines) is 1. The average molecular weight is 380 g/mol. The summed E-state index contributed by atoms with van der Waals surface area (Å²) in [5.41, 5.74) is 2.88. The van der Waals surface area contributed by atoms with Crippen LogP contribution < -0.4 is 10.2 Å². The normalized spacial score (nSPS) is 23.9. The van der Waals surface area contributed by atoms with Crippen LogP contribution in [0.4, 0.5) is 11.6 Å². The Morgan fingerprint density at radius 3 is 2.68 bits per heavy atom. The summed E-state index contributed by atoms with van der Waals surface area (Å²) in [6.45, 7) is 6.31. The van der Waals surface area contributed by atoms with Gasteiger partial charge < -0.3 is 15.1 Å². The van der Waals surface area contributed by atoms with Crippen LogP contribution >= 0.6 is 0 Å². The van der Waals surface area contributed by atoms with E-state index in [0.717, 1.165) is 62.9 Å². The lowest BCUT2D eigenvalue weighted by Crippen LogP contribution is -2.42. The first-order chi connectivity index (χ1) is 13.6. The van der Waals surface area contributed by atoms with Crippen molar-refractivity contribution in [1.29, 1.82) is 0 Å². The summed E-state index contributed by atoms with van der Waals surface area (Å²) in [5.74, 6) is 2.98. The fraction of sp³-hybridized carbons (Fsp3) is 0.619. The van der Waals surface area contributed by atoms with Crippen molar-refractivity contribution in [1.82, 2.24) is 24.8 Å². The molecule has 1 unspecified atom stereocenters. The lowest BCUT2D eigenvalue weighted by atomic mass is 9.76. The molecule has 0 amide bonds. The lowest BCUT2D eigenvalue weighted by Gasteiger charge is -2.39. The molecule has 3 aliphatic rings. The highest BCUT2D eigenvalue weighted by Crippen LogP contribution is 2.47. The highest BCUT2D eigenvalue weighted by molar-refractivity contribution is 5.53. The van der Waals surface area contributed by atoms with Gasteiger partial charge in [-0.1, -0.05) is 0 Å². The van der Waals surface area contributed by atoms with Crippen molar-refractivity contribution in [3.63, 3.8) is 0 Å². The van der Waals surface area contributed by atoms with Crippen molar-refractivity contribution < 1.29 is 0 Å². The first-order valence-electron chi connectivity index (χ1n) is 10.5. The molecule has 0 saturated carbocycles. The van der Waals surface area contributed by atoms with Gasteiger partial charge in [0, 0.05) is 49.0 Å². The van der Waals surface area contributed by atoms with Crippen LogP contribution in [0.1, 0.15) is 42.8 Å². The molecule has 7 heteroatoms. The number of nitrogens with one attached hydrogen (secondary N) is 1. The Balaban J connectivity index is 1.38. The largest absolute Gasteiger partial charge is 0.366 e. The molecule has 2 fully saturated rings. The zero-order valence-electron chi connectivity index (χ0n) is 16.9. The number of aromatic nitrogens is 4. The maximum Gasteiger partial charge on any atom is 0.147 e. The van der Waals surface area contributed by atoms with Gasteiger partial charge in [-0.15, -0.1) is 0 Å². The third-order valence-corrected chi connectivity index (χ3v) is 6.80. The van der Waals surface area contributed by atoms with E-state index in [1.165, 1.54) is 24.1 Å². The molecule has 28 heavy (non-hydrogen) atoms. The Kier molecular flexibility index (Phi) is 4.42. The summed E-state index contributed by atoms with van der Waals surface area (Å²) in [4.78, 5) is 23.2. The second kappa shape index (κ2) is 6.95. The van der Waals surface area contributed by atoms with E-state index in [1.54, 1.807) is 12.4 Å². The van der Waals surface area contributed by atoms with Crippen molar-refractivity contribution in [3.8, 4) is 0 Å². The van der Waals surface area contributed by atoms with Crippen LogP contribution in [0.15, 0.2) is 18.6 Å². The number of hydrogen-bond acceptors (Lipinski definition) is 7. The molecule has 1 aliphatic carbocycles. The van der Waals surface area contributed by atoms with Crippen molar-refractivity contribution in [2.45, 2.75) is 50.5 Å². The summed E-state index contributed by atoms with van der Waals surface area (Å²) in [6.07, 6.45) is 11.1. The van der Waals surface area contributed by atoms with Crippen LogP contribution in [0.3, 0.4) is 0 Å². The van der Waals surface area contributed by atoms with E-state index < -0.39 is 0 Å². The van der Waals surface area contributed by atoms with Gasteiger partial charge in [0.05, 0.1) is 11.9 Å². The third kappa shape index (κ3) is 3.11. The number of fused-ring (bicyclic) bond motifs is 2. The van der Waals surface area contributed by atoms with Gasteiger partial charge in [0.1, 0.15) is 17.5 Å². The van der Waals surface area contributed by atoms with Crippen LogP contribution in [0.2, 0.25) is 0 Å². The maximum atomic E-state index is 4.97. The summed E-state index contributed by atoms with van der Waals surface area (Å²) in [5, 5.41) is 3.75. The number of piperidine rings is 1. The van der Waals surface area contributed by atoms with Crippen LogP contribution in [0.25, 0.3) is 0 Å². The van der Waals surface area contributed by atoms with Gasteiger partial charge in [0.25, 0.3) is 0 Å². The number of aryl methyl sites for hydroxylation is 1. The number of nitrogens with zero attached hydrogens (tertiary/aromatic N) is 6. The summed E-state index contributed by atoms with van der Waals surface area (Å²) < 4.78 is 0. The van der Waals surface area contributed by atoms with Crippen LogP contribution in [0.5, 0.6) is 0 Å². The second-order valence-electron chi connectivity index (χ2n) is 8.67. The van der Waals surface area contributed by atoms with E-state index in [2.05, 4.69) is 32.1 Å². The van der Waals surface area contributed by atoms with E-state index in [-0.39, 0.29) is 5.41 Å². The molecule has 4 heterocycles. The number of rotatable bonds is 3. The molecule has 1 atom stereocenters. The summed E-state index contributed by atoms with van der Waals surface area (Å²) in [6, 6.07) is 0.499. The molecule has 2 aliphatic heterocycles. The van der Waals surface area contributed by atoms with E-state index in [9.17, 15) is 0 Å². The molecule has 2 aromatic rings. The molecule has 0 radical (unpaired) electrons. The van der Waals surface area contributed by atoms with Gasteiger partial charge in [-0.05, 0) is 52.6 Å². The van der Waals surface area contributed by atoms with Crippen molar-refractivity contribution in [3.05, 3.63) is 35.7 Å². The second-order valence-corrected chi connectivity index (χ2v) is 8.67. The Bertz CT molecular complexity index is 845. The molecule has 0 aromatic carbocycles. The van der Waals surface area contributed by atoms with E-state index in [4.69, 9.17) is 9.97 Å². The molecule has 2 aromatic heterocycles. The van der Waals surface area contributed by atoms with Crippen molar-refractivity contribution in [2.75, 3.05) is 43.4 Å². The van der Waals surface area contributed by atoms with Crippen molar-refractivity contribution in [2.24, 2.45) is 0 Å². The Labute approximate surface area is 166 Å². The van der Waals surface area contributed by atoms with Gasteiger partial charge in [-0.2, -0.15) is 0 Å². The fourth-order valence-electron chi connectivity index (χ4n) is 5.22. The quantitative estimate of drug-likeness (QED) is 0.876. The summed E-state index contributed by atoms with van der Waals surface area (Å²) in [7, 11) is 2.19. The predicted molar refractivity (Wildman–Crippen MR) is 110 cm³/mol. The first-order valence-corrected chi connectivity index (χ1v) is 10.5. The first kappa shape index (κ1) is 17.8. The van der Waals surface area contributed by atoms with Crippen LogP contribution in [-0.2, 0) is 11.8 Å². The standard InChI is InChI=1S/C21H29N7/c1-15-24-19-17(20(25-15)26-16-4-10-27(2)14-16)3-5-21(19)6-11-28(12-7-21)18-13-22-8-9-23-18/h8-9,13,16H,3-7,10-12,14H2,1-2H3,(H,24,25,26). The van der Waals surface area contributed by atoms with Gasteiger partial charge in [-0.25, -0.2) is 15.0 Å². The predicted octanol–water partition coefficient (Wildman–Crippen LogP) is 2.18. The minimum absolute atomic E-state index is 0.199. The van der Waals surface area contributed by atoms with Gasteiger partial charge in [-0.3, -0.25) is 4.98 Å². The Hall–Kier alpha value is -2.28. The molecule has 148 valence electrons.